The molecule has 2 aromatic heterocycles. The van der Waals surface area contributed by atoms with Gasteiger partial charge in [0.1, 0.15) is 17.5 Å². The molecule has 3 aromatic rings. The summed E-state index contributed by atoms with van der Waals surface area (Å²) in [6, 6.07) is 11.0. The van der Waals surface area contributed by atoms with E-state index < -0.39 is 0 Å². The molecule has 186 valence electrons. The van der Waals surface area contributed by atoms with Gasteiger partial charge in [-0.15, -0.1) is 0 Å². The molecule has 0 bridgehead atoms. The van der Waals surface area contributed by atoms with Crippen LogP contribution in [0.4, 0.5) is 11.6 Å². The minimum Gasteiger partial charge on any atom is -0.486 e. The Morgan fingerprint density at radius 2 is 1.67 bits per heavy atom. The van der Waals surface area contributed by atoms with Crippen LogP contribution in [-0.2, 0) is 17.6 Å². The van der Waals surface area contributed by atoms with Crippen LogP contribution in [0.5, 0.6) is 5.75 Å². The van der Waals surface area contributed by atoms with E-state index in [1.807, 2.05) is 24.7 Å². The van der Waals surface area contributed by atoms with Crippen molar-refractivity contribution in [3.05, 3.63) is 60.0 Å². The van der Waals surface area contributed by atoms with Crippen LogP contribution in [0, 0.1) is 5.41 Å². The Morgan fingerprint density at radius 1 is 0.889 bits per heavy atom. The number of nitrogens with one attached hydrogen (secondary N) is 1. The highest BCUT2D eigenvalue weighted by molar-refractivity contribution is 7.99. The summed E-state index contributed by atoms with van der Waals surface area (Å²) in [6.45, 7) is 4.23. The molecule has 36 heavy (non-hydrogen) atoms. The van der Waals surface area contributed by atoms with Crippen molar-refractivity contribution in [3.8, 4) is 5.75 Å². The van der Waals surface area contributed by atoms with Gasteiger partial charge in [-0.1, -0.05) is 36.0 Å². The van der Waals surface area contributed by atoms with E-state index in [2.05, 4.69) is 39.5 Å². The van der Waals surface area contributed by atoms with Gasteiger partial charge in [0, 0.05) is 32.5 Å². The highest BCUT2D eigenvalue weighted by atomic mass is 32.2. The minimum absolute atomic E-state index is 0.0721. The molecule has 1 N–H and O–H groups in total. The van der Waals surface area contributed by atoms with E-state index in [1.165, 1.54) is 25.7 Å². The third kappa shape index (κ3) is 4.10. The van der Waals surface area contributed by atoms with Gasteiger partial charge in [0.15, 0.2) is 11.6 Å². The molecule has 4 aliphatic rings. The number of piperidine rings is 1. The predicted molar refractivity (Wildman–Crippen MR) is 140 cm³/mol. The SMILES string of the molecule is c1ccc2c(c1)CC1(CCN(c3cnc(Sc4ccnc5c4OCC4(CCOCC4)N5)cn3)CC1)C2. The Labute approximate surface area is 216 Å². The maximum absolute atomic E-state index is 6.25. The molecule has 1 aromatic carbocycles. The summed E-state index contributed by atoms with van der Waals surface area (Å²) in [5.74, 6) is 2.60. The van der Waals surface area contributed by atoms with Crippen LogP contribution in [0.3, 0.4) is 0 Å². The highest BCUT2D eigenvalue weighted by Gasteiger charge is 2.40. The highest BCUT2D eigenvalue weighted by Crippen LogP contribution is 2.46. The van der Waals surface area contributed by atoms with Crippen molar-refractivity contribution in [3.63, 3.8) is 0 Å². The second-order valence-corrected chi connectivity index (χ2v) is 11.8. The number of pyridine rings is 1. The summed E-state index contributed by atoms with van der Waals surface area (Å²) in [5.41, 5.74) is 3.46. The number of benzene rings is 1. The zero-order valence-electron chi connectivity index (χ0n) is 20.4. The first kappa shape index (κ1) is 22.4. The number of aromatic nitrogens is 3. The molecule has 1 aliphatic carbocycles. The van der Waals surface area contributed by atoms with Gasteiger partial charge in [-0.3, -0.25) is 0 Å². The molecule has 2 fully saturated rings. The summed E-state index contributed by atoms with van der Waals surface area (Å²) in [4.78, 5) is 17.5. The smallest absolute Gasteiger partial charge is 0.175 e. The van der Waals surface area contributed by atoms with Crippen LogP contribution < -0.4 is 15.0 Å². The molecule has 7 rings (SSSR count). The Hall–Kier alpha value is -2.84. The van der Waals surface area contributed by atoms with Crippen LogP contribution in [0.25, 0.3) is 0 Å². The van der Waals surface area contributed by atoms with E-state index in [-0.39, 0.29) is 5.54 Å². The quantitative estimate of drug-likeness (QED) is 0.551. The summed E-state index contributed by atoms with van der Waals surface area (Å²) in [5, 5.41) is 4.51. The second kappa shape index (κ2) is 8.92. The van der Waals surface area contributed by atoms with Gasteiger partial charge in [-0.2, -0.15) is 0 Å². The molecular weight excluding hydrogens is 470 g/mol. The molecule has 5 heterocycles. The average molecular weight is 502 g/mol. The number of rotatable bonds is 3. The third-order valence-corrected chi connectivity index (χ3v) is 9.38. The topological polar surface area (TPSA) is 72.4 Å². The van der Waals surface area contributed by atoms with Crippen molar-refractivity contribution in [1.29, 1.82) is 0 Å². The Bertz CT molecular complexity index is 1230. The first-order valence-electron chi connectivity index (χ1n) is 13.0. The maximum atomic E-state index is 6.25. The van der Waals surface area contributed by atoms with Crippen molar-refractivity contribution in [2.45, 2.75) is 54.0 Å². The van der Waals surface area contributed by atoms with Gasteiger partial charge in [-0.25, -0.2) is 15.0 Å². The van der Waals surface area contributed by atoms with Gasteiger partial charge in [0.25, 0.3) is 0 Å². The summed E-state index contributed by atoms with van der Waals surface area (Å²) in [7, 11) is 0. The zero-order valence-corrected chi connectivity index (χ0v) is 21.2. The number of nitrogens with zero attached hydrogens (tertiary/aromatic N) is 4. The fraction of sp³-hybridized carbons (Fsp3) is 0.464. The monoisotopic (exact) mass is 501 g/mol. The molecule has 7 nitrogen and oxygen atoms in total. The maximum Gasteiger partial charge on any atom is 0.175 e. The lowest BCUT2D eigenvalue weighted by Crippen LogP contribution is -2.51. The Kier molecular flexibility index (Phi) is 5.54. The van der Waals surface area contributed by atoms with Crippen LogP contribution in [0.2, 0.25) is 0 Å². The molecule has 0 saturated carbocycles. The molecule has 0 amide bonds. The van der Waals surface area contributed by atoms with Gasteiger partial charge < -0.3 is 19.7 Å². The van der Waals surface area contributed by atoms with E-state index in [1.54, 1.807) is 22.9 Å². The third-order valence-electron chi connectivity index (χ3n) is 8.42. The molecule has 8 heteroatoms. The predicted octanol–water partition coefficient (Wildman–Crippen LogP) is 4.76. The molecule has 0 unspecified atom stereocenters. The van der Waals surface area contributed by atoms with Gasteiger partial charge in [-0.05, 0) is 61.1 Å². The lowest BCUT2D eigenvalue weighted by atomic mass is 9.76. The number of ether oxygens (including phenoxy) is 2. The number of hydrogen-bond donors (Lipinski definition) is 1. The number of hydrogen-bond acceptors (Lipinski definition) is 8. The molecule has 0 radical (unpaired) electrons. The first-order chi connectivity index (χ1) is 17.7. The van der Waals surface area contributed by atoms with Crippen molar-refractivity contribution >= 4 is 23.4 Å². The van der Waals surface area contributed by atoms with E-state index in [9.17, 15) is 0 Å². The summed E-state index contributed by atoms with van der Waals surface area (Å²) >= 11 is 1.58. The summed E-state index contributed by atoms with van der Waals surface area (Å²) in [6.07, 6.45) is 12.4. The van der Waals surface area contributed by atoms with Crippen molar-refractivity contribution in [2.75, 3.05) is 43.1 Å². The van der Waals surface area contributed by atoms with Gasteiger partial charge >= 0.3 is 0 Å². The van der Waals surface area contributed by atoms with Crippen LogP contribution in [0.15, 0.2) is 58.8 Å². The van der Waals surface area contributed by atoms with Crippen molar-refractivity contribution < 1.29 is 9.47 Å². The standard InChI is InChI=1S/C28H31N5O2S/c1-2-4-21-16-27(15-20(21)3-1)6-11-33(12-7-27)23-17-31-24(18-30-23)36-22-5-10-29-26-25(22)35-19-28(32-26)8-13-34-14-9-28/h1-5,10,17-18H,6-9,11-16,19H2,(H,29,32). The summed E-state index contributed by atoms with van der Waals surface area (Å²) < 4.78 is 11.8. The normalized spacial score (nSPS) is 21.5. The van der Waals surface area contributed by atoms with E-state index in [4.69, 9.17) is 19.4 Å². The van der Waals surface area contributed by atoms with E-state index >= 15 is 0 Å². The molecular formula is C28H31N5O2S. The largest absolute Gasteiger partial charge is 0.486 e. The Morgan fingerprint density at radius 3 is 2.39 bits per heavy atom. The second-order valence-electron chi connectivity index (χ2n) is 10.7. The lowest BCUT2D eigenvalue weighted by molar-refractivity contribution is 0.0378. The first-order valence-corrected chi connectivity index (χ1v) is 13.8. The molecule has 2 spiro atoms. The van der Waals surface area contributed by atoms with Crippen molar-refractivity contribution in [2.24, 2.45) is 5.41 Å². The zero-order chi connectivity index (χ0) is 24.0. The number of anilines is 2. The molecule has 3 aliphatic heterocycles. The lowest BCUT2D eigenvalue weighted by Gasteiger charge is -2.41. The average Bonchev–Trinajstić information content (AvgIpc) is 3.28. The number of fused-ring (bicyclic) bond motifs is 2. The minimum atomic E-state index is -0.0721. The van der Waals surface area contributed by atoms with Crippen LogP contribution in [-0.4, -0.2) is 53.4 Å². The van der Waals surface area contributed by atoms with Crippen molar-refractivity contribution in [1.82, 2.24) is 15.0 Å². The van der Waals surface area contributed by atoms with Crippen LogP contribution in [0.1, 0.15) is 36.8 Å². The van der Waals surface area contributed by atoms with E-state index in [0.717, 1.165) is 66.5 Å². The fourth-order valence-corrected chi connectivity index (χ4v) is 7.06. The molecule has 0 atom stereocenters. The fourth-order valence-electron chi connectivity index (χ4n) is 6.24. The van der Waals surface area contributed by atoms with Gasteiger partial charge in [0.05, 0.1) is 22.8 Å². The van der Waals surface area contributed by atoms with Crippen LogP contribution >= 0.6 is 11.8 Å². The Balaban J connectivity index is 1.01. The van der Waals surface area contributed by atoms with E-state index in [0.29, 0.717) is 12.0 Å². The van der Waals surface area contributed by atoms with Gasteiger partial charge in [0.2, 0.25) is 0 Å². The molecule has 2 saturated heterocycles.